The van der Waals surface area contributed by atoms with Gasteiger partial charge < -0.3 is 24.8 Å². The Morgan fingerprint density at radius 2 is 1.81 bits per heavy atom. The van der Waals surface area contributed by atoms with Crippen molar-refractivity contribution >= 4 is 28.5 Å². The second kappa shape index (κ2) is 9.85. The highest BCUT2D eigenvalue weighted by atomic mass is 16.5. The highest BCUT2D eigenvalue weighted by molar-refractivity contribution is 5.78. The highest BCUT2D eigenvalue weighted by Crippen LogP contribution is 2.40. The van der Waals surface area contributed by atoms with Crippen LogP contribution < -0.4 is 15.5 Å². The summed E-state index contributed by atoms with van der Waals surface area (Å²) >= 11 is 0. The molecule has 2 saturated heterocycles. The number of nitrogens with zero attached hydrogens (tertiary/aromatic N) is 6. The zero-order valence-electron chi connectivity index (χ0n) is 21.7. The summed E-state index contributed by atoms with van der Waals surface area (Å²) in [5.74, 6) is 1.40. The second-order valence-electron chi connectivity index (χ2n) is 11.2. The first kappa shape index (κ1) is 23.4. The molecule has 0 radical (unpaired) electrons. The molecule has 1 spiro atoms. The van der Waals surface area contributed by atoms with Crippen molar-refractivity contribution in [1.29, 1.82) is 0 Å². The van der Waals surface area contributed by atoms with E-state index in [1.807, 2.05) is 12.4 Å². The van der Waals surface area contributed by atoms with Gasteiger partial charge in [-0.2, -0.15) is 4.98 Å². The quantitative estimate of drug-likeness (QED) is 0.560. The average molecular weight is 503 g/mol. The summed E-state index contributed by atoms with van der Waals surface area (Å²) in [4.78, 5) is 19.4. The van der Waals surface area contributed by atoms with E-state index in [2.05, 4.69) is 48.2 Å². The van der Waals surface area contributed by atoms with E-state index in [0.717, 1.165) is 69.3 Å². The topological polar surface area (TPSA) is 83.4 Å². The average Bonchev–Trinajstić information content (AvgIpc) is 3.34. The molecule has 0 unspecified atom stereocenters. The van der Waals surface area contributed by atoms with Gasteiger partial charge in [0.15, 0.2) is 0 Å². The minimum absolute atomic E-state index is 0.147. The summed E-state index contributed by atoms with van der Waals surface area (Å²) in [7, 11) is 0. The van der Waals surface area contributed by atoms with Crippen LogP contribution >= 0.6 is 0 Å². The number of morpholine rings is 1. The fraction of sp³-hybridized carbons (Fsp3) is 0.607. The molecule has 1 aliphatic carbocycles. The number of piperidine rings is 1. The van der Waals surface area contributed by atoms with Gasteiger partial charge >= 0.3 is 0 Å². The van der Waals surface area contributed by atoms with E-state index >= 15 is 0 Å². The van der Waals surface area contributed by atoms with E-state index in [0.29, 0.717) is 12.0 Å². The molecule has 3 aromatic heterocycles. The molecular weight excluding hydrogens is 464 g/mol. The molecule has 9 heteroatoms. The van der Waals surface area contributed by atoms with Crippen molar-refractivity contribution in [2.45, 2.75) is 63.1 Å². The van der Waals surface area contributed by atoms with E-state index in [4.69, 9.17) is 14.7 Å². The maximum atomic E-state index is 5.52. The van der Waals surface area contributed by atoms with Crippen molar-refractivity contribution < 1.29 is 4.74 Å². The van der Waals surface area contributed by atoms with Crippen LogP contribution in [0.3, 0.4) is 0 Å². The fourth-order valence-electron chi connectivity index (χ4n) is 7.07. The summed E-state index contributed by atoms with van der Waals surface area (Å²) < 4.78 is 8.05. The second-order valence-corrected chi connectivity index (χ2v) is 11.2. The number of pyridine rings is 1. The third-order valence-electron chi connectivity index (χ3n) is 9.02. The summed E-state index contributed by atoms with van der Waals surface area (Å²) in [5.41, 5.74) is 3.72. The summed E-state index contributed by atoms with van der Waals surface area (Å²) in [5, 5.41) is 8.15. The van der Waals surface area contributed by atoms with E-state index in [1.165, 1.54) is 56.3 Å². The number of nitrogens with one attached hydrogen (secondary N) is 2. The summed E-state index contributed by atoms with van der Waals surface area (Å²) in [6.45, 7) is 7.98. The van der Waals surface area contributed by atoms with Gasteiger partial charge in [-0.3, -0.25) is 4.90 Å². The minimum atomic E-state index is 0.147. The number of hydrogen-bond donors (Lipinski definition) is 2. The molecule has 3 aliphatic heterocycles. The number of hydrogen-bond acceptors (Lipinski definition) is 8. The fourth-order valence-corrected chi connectivity index (χ4v) is 7.07. The molecule has 0 atom stereocenters. The maximum absolute atomic E-state index is 5.52. The molecule has 3 aromatic rings. The highest BCUT2D eigenvalue weighted by Gasteiger charge is 2.38. The third kappa shape index (κ3) is 4.47. The molecule has 196 valence electrons. The van der Waals surface area contributed by atoms with Crippen LogP contribution in [0.1, 0.15) is 50.6 Å². The van der Waals surface area contributed by atoms with Gasteiger partial charge in [-0.25, -0.2) is 9.97 Å². The molecule has 9 nitrogen and oxygen atoms in total. The SMILES string of the molecule is c1cc(Nc2ncc3cc4n(c3n2)C2(CCCCC2)CNC4)ncc1N1CCC(N2CCOCC2)CC1. The predicted octanol–water partition coefficient (Wildman–Crippen LogP) is 3.63. The molecule has 6 heterocycles. The first-order valence-electron chi connectivity index (χ1n) is 14.2. The molecule has 7 rings (SSSR count). The lowest BCUT2D eigenvalue weighted by atomic mass is 9.80. The first-order chi connectivity index (χ1) is 18.3. The summed E-state index contributed by atoms with van der Waals surface area (Å²) in [6.07, 6.45) is 12.7. The van der Waals surface area contributed by atoms with Crippen molar-refractivity contribution in [3.05, 3.63) is 36.3 Å². The normalized spacial score (nSPS) is 22.9. The van der Waals surface area contributed by atoms with Crippen LogP contribution in [0.5, 0.6) is 0 Å². The monoisotopic (exact) mass is 502 g/mol. The lowest BCUT2D eigenvalue weighted by Crippen LogP contribution is -2.49. The van der Waals surface area contributed by atoms with E-state index in [9.17, 15) is 0 Å². The van der Waals surface area contributed by atoms with Gasteiger partial charge in [0.05, 0.1) is 30.6 Å². The summed E-state index contributed by atoms with van der Waals surface area (Å²) in [6, 6.07) is 7.17. The van der Waals surface area contributed by atoms with Gasteiger partial charge in [0.2, 0.25) is 5.95 Å². The molecule has 0 amide bonds. The van der Waals surface area contributed by atoms with Crippen molar-refractivity contribution in [2.75, 3.05) is 56.2 Å². The van der Waals surface area contributed by atoms with Crippen molar-refractivity contribution in [3.63, 3.8) is 0 Å². The Hall–Kier alpha value is -2.75. The van der Waals surface area contributed by atoms with Gasteiger partial charge in [-0.15, -0.1) is 0 Å². The predicted molar refractivity (Wildman–Crippen MR) is 145 cm³/mol. The van der Waals surface area contributed by atoms with E-state index in [-0.39, 0.29) is 5.54 Å². The van der Waals surface area contributed by atoms with Crippen molar-refractivity contribution in [1.82, 2.24) is 29.7 Å². The van der Waals surface area contributed by atoms with Gasteiger partial charge in [-0.1, -0.05) is 19.3 Å². The number of rotatable bonds is 4. The van der Waals surface area contributed by atoms with Crippen LogP contribution in [0.15, 0.2) is 30.6 Å². The first-order valence-corrected chi connectivity index (χ1v) is 14.2. The molecule has 2 N–H and O–H groups in total. The lowest BCUT2D eigenvalue weighted by molar-refractivity contribution is 0.0115. The van der Waals surface area contributed by atoms with Gasteiger partial charge in [0.1, 0.15) is 11.5 Å². The third-order valence-corrected chi connectivity index (χ3v) is 9.02. The molecular formula is C28H38N8O. The van der Waals surface area contributed by atoms with Gasteiger partial charge in [0, 0.05) is 62.6 Å². The zero-order valence-corrected chi connectivity index (χ0v) is 21.7. The molecule has 3 fully saturated rings. The maximum Gasteiger partial charge on any atom is 0.230 e. The molecule has 0 bridgehead atoms. The Balaban J connectivity index is 1.05. The lowest BCUT2D eigenvalue weighted by Gasteiger charge is -2.43. The number of fused-ring (bicyclic) bond motifs is 4. The Morgan fingerprint density at radius 3 is 2.59 bits per heavy atom. The van der Waals surface area contributed by atoms with Crippen LogP contribution in [0, 0.1) is 0 Å². The van der Waals surface area contributed by atoms with Crippen LogP contribution in [-0.2, 0) is 16.8 Å². The van der Waals surface area contributed by atoms with E-state index in [1.54, 1.807) is 0 Å². The Bertz CT molecular complexity index is 1220. The molecule has 4 aliphatic rings. The molecule has 1 saturated carbocycles. The molecule has 0 aromatic carbocycles. The standard InChI is InChI=1S/C28H38N8O/c1-2-8-28(9-3-1)20-29-18-24-16-21-17-31-27(33-26(21)36(24)28)32-25-5-4-23(19-30-25)34-10-6-22(7-11-34)35-12-14-37-15-13-35/h4-5,16-17,19,22,29H,1-3,6-15,18,20H2,(H,30,31,32,33). The smallest absolute Gasteiger partial charge is 0.230 e. The Labute approximate surface area is 218 Å². The Kier molecular flexibility index (Phi) is 6.22. The van der Waals surface area contributed by atoms with Crippen molar-refractivity contribution in [2.24, 2.45) is 0 Å². The number of ether oxygens (including phenoxy) is 1. The Morgan fingerprint density at radius 1 is 0.973 bits per heavy atom. The van der Waals surface area contributed by atoms with Crippen molar-refractivity contribution in [3.8, 4) is 0 Å². The minimum Gasteiger partial charge on any atom is -0.379 e. The largest absolute Gasteiger partial charge is 0.379 e. The van der Waals surface area contributed by atoms with Crippen LogP contribution in [0.25, 0.3) is 11.0 Å². The van der Waals surface area contributed by atoms with Crippen LogP contribution in [0.2, 0.25) is 0 Å². The molecule has 37 heavy (non-hydrogen) atoms. The van der Waals surface area contributed by atoms with Crippen LogP contribution in [0.4, 0.5) is 17.5 Å². The van der Waals surface area contributed by atoms with E-state index < -0.39 is 0 Å². The van der Waals surface area contributed by atoms with Gasteiger partial charge in [0.25, 0.3) is 0 Å². The number of aromatic nitrogens is 4. The van der Waals surface area contributed by atoms with Crippen LogP contribution in [-0.4, -0.2) is 76.4 Å². The number of anilines is 3. The van der Waals surface area contributed by atoms with Gasteiger partial charge in [-0.05, 0) is 43.9 Å². The zero-order chi connectivity index (χ0) is 24.7.